The van der Waals surface area contributed by atoms with Crippen LogP contribution in [0.5, 0.6) is 0 Å². The van der Waals surface area contributed by atoms with E-state index in [1.54, 1.807) is 6.20 Å². The molecule has 1 aliphatic rings. The van der Waals surface area contributed by atoms with Crippen LogP contribution in [0, 0.1) is 0 Å². The van der Waals surface area contributed by atoms with Crippen LogP contribution in [0.4, 0.5) is 11.5 Å². The van der Waals surface area contributed by atoms with Gasteiger partial charge in [-0.15, -0.1) is 0 Å². The van der Waals surface area contributed by atoms with Crippen molar-refractivity contribution >= 4 is 17.7 Å². The summed E-state index contributed by atoms with van der Waals surface area (Å²) in [5.41, 5.74) is 3.59. The number of anilines is 2. The van der Waals surface area contributed by atoms with Gasteiger partial charge >= 0.3 is 0 Å². The van der Waals surface area contributed by atoms with Crippen LogP contribution in [0.25, 0.3) is 0 Å². The molecule has 0 saturated carbocycles. The monoisotopic (exact) mass is 238 g/mol. The summed E-state index contributed by atoms with van der Waals surface area (Å²) in [4.78, 5) is 12.5. The molecule has 1 unspecified atom stereocenters. The van der Waals surface area contributed by atoms with Crippen molar-refractivity contribution in [3.05, 3.63) is 47.9 Å². The molecule has 18 heavy (non-hydrogen) atoms. The lowest BCUT2D eigenvalue weighted by atomic mass is 9.98. The average Bonchev–Trinajstić information content (AvgIpc) is 2.39. The quantitative estimate of drug-likeness (QED) is 0.874. The van der Waals surface area contributed by atoms with Crippen LogP contribution in [0.2, 0.25) is 0 Å². The van der Waals surface area contributed by atoms with Gasteiger partial charge in [0.2, 0.25) is 0 Å². The highest BCUT2D eigenvalue weighted by atomic mass is 15.0. The smallest absolute Gasteiger partial charge is 0.133 e. The second-order valence-electron chi connectivity index (χ2n) is 4.46. The molecular formula is C14H14N4. The Hall–Kier alpha value is -2.23. The lowest BCUT2D eigenvalue weighted by Gasteiger charge is -2.16. The number of aliphatic imine (C=N–C) groups is 1. The van der Waals surface area contributed by atoms with Gasteiger partial charge in [-0.1, -0.05) is 6.07 Å². The Morgan fingerprint density at radius 2 is 2.22 bits per heavy atom. The predicted octanol–water partition coefficient (Wildman–Crippen LogP) is 2.58. The first-order valence-corrected chi connectivity index (χ1v) is 6.00. The van der Waals surface area contributed by atoms with E-state index >= 15 is 0 Å². The number of aromatic nitrogens is 2. The fourth-order valence-corrected chi connectivity index (χ4v) is 2.08. The van der Waals surface area contributed by atoms with Crippen molar-refractivity contribution in [1.82, 2.24) is 9.97 Å². The van der Waals surface area contributed by atoms with E-state index in [-0.39, 0.29) is 0 Å². The van der Waals surface area contributed by atoms with Crippen molar-refractivity contribution in [3.8, 4) is 0 Å². The molecule has 1 aromatic heterocycles. The SMILES string of the molecule is CC1Cc2cc(Nc3ccncn3)ccc2C=N1. The van der Waals surface area contributed by atoms with Gasteiger partial charge in [0, 0.05) is 18.1 Å². The third-order valence-electron chi connectivity index (χ3n) is 2.98. The standard InChI is InChI=1S/C14H14N4/c1-10-6-12-7-13(3-2-11(12)8-16-10)18-14-4-5-15-9-17-14/h2-5,7-10H,6H2,1H3,(H,15,17,18). The van der Waals surface area contributed by atoms with Crippen LogP contribution in [0.15, 0.2) is 41.8 Å². The minimum atomic E-state index is 0.367. The summed E-state index contributed by atoms with van der Waals surface area (Å²) in [5, 5.41) is 3.27. The molecule has 0 amide bonds. The van der Waals surface area contributed by atoms with Gasteiger partial charge in [-0.05, 0) is 42.7 Å². The Morgan fingerprint density at radius 3 is 3.06 bits per heavy atom. The van der Waals surface area contributed by atoms with Crippen LogP contribution >= 0.6 is 0 Å². The van der Waals surface area contributed by atoms with Gasteiger partial charge in [-0.3, -0.25) is 4.99 Å². The summed E-state index contributed by atoms with van der Waals surface area (Å²) in [5.74, 6) is 0.808. The van der Waals surface area contributed by atoms with E-state index in [2.05, 4.69) is 39.3 Å². The second kappa shape index (κ2) is 4.56. The molecule has 2 heterocycles. The van der Waals surface area contributed by atoms with Crippen molar-refractivity contribution in [1.29, 1.82) is 0 Å². The van der Waals surface area contributed by atoms with E-state index < -0.39 is 0 Å². The summed E-state index contributed by atoms with van der Waals surface area (Å²) in [6, 6.07) is 8.52. The van der Waals surface area contributed by atoms with Crippen LogP contribution in [0.1, 0.15) is 18.1 Å². The average molecular weight is 238 g/mol. The van der Waals surface area contributed by atoms with E-state index in [4.69, 9.17) is 0 Å². The van der Waals surface area contributed by atoms with Crippen LogP contribution in [0.3, 0.4) is 0 Å². The van der Waals surface area contributed by atoms with Gasteiger partial charge in [0.1, 0.15) is 12.1 Å². The maximum Gasteiger partial charge on any atom is 0.133 e. The minimum Gasteiger partial charge on any atom is -0.340 e. The summed E-state index contributed by atoms with van der Waals surface area (Å²) < 4.78 is 0. The summed E-state index contributed by atoms with van der Waals surface area (Å²) in [6.07, 6.45) is 6.21. The topological polar surface area (TPSA) is 50.2 Å². The van der Waals surface area contributed by atoms with Gasteiger partial charge < -0.3 is 5.32 Å². The molecule has 1 aromatic carbocycles. The van der Waals surface area contributed by atoms with E-state index in [0.717, 1.165) is 17.9 Å². The molecule has 0 fully saturated rings. The van der Waals surface area contributed by atoms with E-state index in [1.807, 2.05) is 18.3 Å². The van der Waals surface area contributed by atoms with Crippen molar-refractivity contribution in [2.45, 2.75) is 19.4 Å². The first-order valence-electron chi connectivity index (χ1n) is 6.00. The summed E-state index contributed by atoms with van der Waals surface area (Å²) >= 11 is 0. The molecule has 0 spiro atoms. The number of rotatable bonds is 2. The van der Waals surface area contributed by atoms with Gasteiger partial charge in [-0.25, -0.2) is 9.97 Å². The molecule has 90 valence electrons. The number of hydrogen-bond donors (Lipinski definition) is 1. The van der Waals surface area contributed by atoms with E-state index in [0.29, 0.717) is 6.04 Å². The van der Waals surface area contributed by atoms with Crippen molar-refractivity contribution < 1.29 is 0 Å². The molecule has 1 N–H and O–H groups in total. The Balaban J connectivity index is 1.87. The van der Waals surface area contributed by atoms with Crippen molar-refractivity contribution in [3.63, 3.8) is 0 Å². The summed E-state index contributed by atoms with van der Waals surface area (Å²) in [7, 11) is 0. The lowest BCUT2D eigenvalue weighted by molar-refractivity contribution is 0.733. The highest BCUT2D eigenvalue weighted by Crippen LogP contribution is 2.22. The zero-order valence-corrected chi connectivity index (χ0v) is 10.2. The Kier molecular flexibility index (Phi) is 2.76. The van der Waals surface area contributed by atoms with Crippen molar-refractivity contribution in [2.24, 2.45) is 4.99 Å². The first-order chi connectivity index (χ1) is 8.81. The predicted molar refractivity (Wildman–Crippen MR) is 72.5 cm³/mol. The Morgan fingerprint density at radius 1 is 1.28 bits per heavy atom. The normalized spacial score (nSPS) is 17.3. The van der Waals surface area contributed by atoms with E-state index in [1.165, 1.54) is 17.5 Å². The van der Waals surface area contributed by atoms with Gasteiger partial charge in [0.15, 0.2) is 0 Å². The number of nitrogens with one attached hydrogen (secondary N) is 1. The fourth-order valence-electron chi connectivity index (χ4n) is 2.08. The minimum absolute atomic E-state index is 0.367. The van der Waals surface area contributed by atoms with Gasteiger partial charge in [-0.2, -0.15) is 0 Å². The fraction of sp³-hybridized carbons (Fsp3) is 0.214. The molecule has 0 saturated heterocycles. The molecule has 3 rings (SSSR count). The second-order valence-corrected chi connectivity index (χ2v) is 4.46. The number of hydrogen-bond acceptors (Lipinski definition) is 4. The molecule has 1 atom stereocenters. The molecule has 4 heteroatoms. The zero-order chi connectivity index (χ0) is 12.4. The molecular weight excluding hydrogens is 224 g/mol. The maximum absolute atomic E-state index is 4.42. The number of benzene rings is 1. The summed E-state index contributed by atoms with van der Waals surface area (Å²) in [6.45, 7) is 2.13. The lowest BCUT2D eigenvalue weighted by Crippen LogP contribution is -2.11. The largest absolute Gasteiger partial charge is 0.340 e. The molecule has 0 bridgehead atoms. The van der Waals surface area contributed by atoms with Gasteiger partial charge in [0.05, 0.1) is 6.04 Å². The Labute approximate surface area is 106 Å². The third-order valence-corrected chi connectivity index (χ3v) is 2.98. The maximum atomic E-state index is 4.42. The van der Waals surface area contributed by atoms with Crippen LogP contribution < -0.4 is 5.32 Å². The highest BCUT2D eigenvalue weighted by Gasteiger charge is 2.11. The Bertz CT molecular complexity index is 578. The third kappa shape index (κ3) is 2.22. The van der Waals surface area contributed by atoms with Crippen molar-refractivity contribution in [2.75, 3.05) is 5.32 Å². The first kappa shape index (κ1) is 10.9. The molecule has 0 aliphatic carbocycles. The van der Waals surface area contributed by atoms with Gasteiger partial charge in [0.25, 0.3) is 0 Å². The molecule has 1 aliphatic heterocycles. The highest BCUT2D eigenvalue weighted by molar-refractivity contribution is 5.84. The van der Waals surface area contributed by atoms with Crippen LogP contribution in [-0.2, 0) is 6.42 Å². The molecule has 2 aromatic rings. The van der Waals surface area contributed by atoms with E-state index in [9.17, 15) is 0 Å². The number of nitrogens with zero attached hydrogens (tertiary/aromatic N) is 3. The zero-order valence-electron chi connectivity index (χ0n) is 10.2. The molecule has 0 radical (unpaired) electrons. The number of fused-ring (bicyclic) bond motifs is 1. The molecule has 4 nitrogen and oxygen atoms in total. The van der Waals surface area contributed by atoms with Crippen LogP contribution in [-0.4, -0.2) is 22.2 Å².